The van der Waals surface area contributed by atoms with Crippen LogP contribution in [0, 0.1) is 0 Å². The first kappa shape index (κ1) is 72.7. The lowest BCUT2D eigenvalue weighted by molar-refractivity contribution is -0.166. The van der Waals surface area contributed by atoms with Crippen molar-refractivity contribution in [2.75, 3.05) is 13.2 Å². The summed E-state index contributed by atoms with van der Waals surface area (Å²) in [5.41, 5.74) is 0. The van der Waals surface area contributed by atoms with Crippen molar-refractivity contribution in [3.63, 3.8) is 0 Å². The van der Waals surface area contributed by atoms with Crippen molar-refractivity contribution in [2.24, 2.45) is 0 Å². The Morgan fingerprint density at radius 2 is 0.494 bits per heavy atom. The first-order valence-corrected chi connectivity index (χ1v) is 30.2. The first-order chi connectivity index (χ1) is 39.0. The largest absolute Gasteiger partial charge is 0.462 e. The van der Waals surface area contributed by atoms with Gasteiger partial charge < -0.3 is 14.2 Å². The van der Waals surface area contributed by atoms with Gasteiger partial charge in [-0.25, -0.2) is 0 Å². The van der Waals surface area contributed by atoms with Gasteiger partial charge in [-0.05, 0) is 154 Å². The standard InChI is InChI=1S/C73H106O6/c1-4-7-10-13-16-19-22-25-27-29-31-32-33-34-35-36-37-38-39-40-42-43-45-48-51-54-57-60-63-66-72(75)78-69-70(68-77-71(74)65-62-59-56-53-50-47-24-21-18-15-12-9-6-3)79-73(76)67-64-61-58-55-52-49-46-44-41-30-28-26-23-20-17-14-11-8-5-2/h7-12,16-21,25-28,31-32,34-35,37-38,40-42,44-45,47-50,52,54,57-58,61,70H,4-6,13-15,22-24,29-30,33,36,39,43,46,51,53,55-56,59-60,62-69H2,1-3H3/b10-7-,11-8-,12-9-,19-16-,20-17-,21-18-,27-25-,28-26-,32-31-,35-34-,38-37-,42-40-,44-41-,48-45-,50-47-,52-49-,57-54-,61-58-. The van der Waals surface area contributed by atoms with Crippen LogP contribution in [0.3, 0.4) is 0 Å². The van der Waals surface area contributed by atoms with Crippen LogP contribution >= 0.6 is 0 Å². The number of allylic oxidation sites excluding steroid dienone is 36. The van der Waals surface area contributed by atoms with E-state index in [2.05, 4.69) is 227 Å². The average Bonchev–Trinajstić information content (AvgIpc) is 3.45. The van der Waals surface area contributed by atoms with Crippen LogP contribution in [0.1, 0.15) is 201 Å². The fourth-order valence-electron chi connectivity index (χ4n) is 7.07. The lowest BCUT2D eigenvalue weighted by atomic mass is 10.1. The molecule has 0 aromatic carbocycles. The minimum atomic E-state index is -0.870. The molecule has 1 atom stereocenters. The fourth-order valence-corrected chi connectivity index (χ4v) is 7.07. The lowest BCUT2D eigenvalue weighted by Crippen LogP contribution is -2.30. The van der Waals surface area contributed by atoms with Gasteiger partial charge in [0.2, 0.25) is 0 Å². The normalized spacial score (nSPS) is 13.7. The molecule has 0 amide bonds. The molecule has 0 rings (SSSR count). The third kappa shape index (κ3) is 62.5. The first-order valence-electron chi connectivity index (χ1n) is 30.2. The van der Waals surface area contributed by atoms with E-state index in [-0.39, 0.29) is 44.4 Å². The van der Waals surface area contributed by atoms with Gasteiger partial charge in [-0.3, -0.25) is 14.4 Å². The molecular formula is C73H106O6. The summed E-state index contributed by atoms with van der Waals surface area (Å²) in [7, 11) is 0. The summed E-state index contributed by atoms with van der Waals surface area (Å²) in [5, 5.41) is 0. The molecule has 434 valence electrons. The number of unbranched alkanes of at least 4 members (excludes halogenated alkanes) is 4. The van der Waals surface area contributed by atoms with Crippen molar-refractivity contribution >= 4 is 17.9 Å². The molecule has 0 saturated carbocycles. The van der Waals surface area contributed by atoms with Crippen molar-refractivity contribution in [1.82, 2.24) is 0 Å². The number of hydrogen-bond acceptors (Lipinski definition) is 6. The molecule has 0 radical (unpaired) electrons. The second kappa shape index (κ2) is 64.3. The van der Waals surface area contributed by atoms with Crippen molar-refractivity contribution < 1.29 is 28.6 Å². The predicted molar refractivity (Wildman–Crippen MR) is 343 cm³/mol. The highest BCUT2D eigenvalue weighted by Gasteiger charge is 2.19. The summed E-state index contributed by atoms with van der Waals surface area (Å²) in [4.78, 5) is 38.1. The molecule has 6 nitrogen and oxygen atoms in total. The number of ether oxygens (including phenoxy) is 3. The topological polar surface area (TPSA) is 78.9 Å². The average molecular weight is 1080 g/mol. The van der Waals surface area contributed by atoms with Gasteiger partial charge in [-0.2, -0.15) is 0 Å². The molecular weight excluding hydrogens is 973 g/mol. The quantitative estimate of drug-likeness (QED) is 0.0261. The Balaban J connectivity index is 4.60. The van der Waals surface area contributed by atoms with E-state index in [1.165, 1.54) is 0 Å². The Labute approximate surface area is 482 Å². The fraction of sp³-hybridized carbons (Fsp3) is 0.466. The van der Waals surface area contributed by atoms with Crippen LogP contribution in [-0.4, -0.2) is 37.2 Å². The van der Waals surface area contributed by atoms with Crippen LogP contribution in [0.2, 0.25) is 0 Å². The highest BCUT2D eigenvalue weighted by molar-refractivity contribution is 5.71. The zero-order valence-electron chi connectivity index (χ0n) is 49.5. The van der Waals surface area contributed by atoms with E-state index in [0.717, 1.165) is 148 Å². The van der Waals surface area contributed by atoms with Crippen molar-refractivity contribution in [1.29, 1.82) is 0 Å². The van der Waals surface area contributed by atoms with Gasteiger partial charge in [0.1, 0.15) is 13.2 Å². The smallest absolute Gasteiger partial charge is 0.306 e. The van der Waals surface area contributed by atoms with Crippen LogP contribution in [-0.2, 0) is 28.6 Å². The Hall–Kier alpha value is -6.27. The van der Waals surface area contributed by atoms with Crippen molar-refractivity contribution in [2.45, 2.75) is 207 Å². The maximum atomic E-state index is 12.8. The molecule has 1 unspecified atom stereocenters. The number of esters is 3. The van der Waals surface area contributed by atoms with Gasteiger partial charge >= 0.3 is 17.9 Å². The second-order valence-electron chi connectivity index (χ2n) is 18.8. The summed E-state index contributed by atoms with van der Waals surface area (Å²) in [6.45, 7) is 6.12. The van der Waals surface area contributed by atoms with E-state index in [4.69, 9.17) is 14.2 Å². The van der Waals surface area contributed by atoms with E-state index in [0.29, 0.717) is 12.8 Å². The number of carbonyl (C=O) groups is 3. The van der Waals surface area contributed by atoms with Crippen molar-refractivity contribution in [3.8, 4) is 0 Å². The molecule has 0 aromatic heterocycles. The Kier molecular flexibility index (Phi) is 59.2. The maximum Gasteiger partial charge on any atom is 0.306 e. The Bertz CT molecular complexity index is 2010. The molecule has 6 heteroatoms. The van der Waals surface area contributed by atoms with Gasteiger partial charge in [-0.1, -0.05) is 246 Å². The molecule has 0 aliphatic rings. The van der Waals surface area contributed by atoms with Gasteiger partial charge in [0.15, 0.2) is 6.10 Å². The van der Waals surface area contributed by atoms with Gasteiger partial charge in [0.25, 0.3) is 0 Å². The zero-order valence-corrected chi connectivity index (χ0v) is 49.5. The Morgan fingerprint density at radius 1 is 0.253 bits per heavy atom. The highest BCUT2D eigenvalue weighted by Crippen LogP contribution is 2.10. The highest BCUT2D eigenvalue weighted by atomic mass is 16.6. The van der Waals surface area contributed by atoms with Crippen molar-refractivity contribution in [3.05, 3.63) is 219 Å². The lowest BCUT2D eigenvalue weighted by Gasteiger charge is -2.18. The molecule has 79 heavy (non-hydrogen) atoms. The minimum Gasteiger partial charge on any atom is -0.462 e. The molecule has 0 fully saturated rings. The van der Waals surface area contributed by atoms with Crippen LogP contribution in [0.4, 0.5) is 0 Å². The second-order valence-corrected chi connectivity index (χ2v) is 18.8. The third-order valence-corrected chi connectivity index (χ3v) is 11.5. The van der Waals surface area contributed by atoms with Gasteiger partial charge in [0, 0.05) is 19.3 Å². The van der Waals surface area contributed by atoms with Gasteiger partial charge in [0.05, 0.1) is 0 Å². The molecule has 0 aliphatic carbocycles. The summed E-state index contributed by atoms with van der Waals surface area (Å²) in [6.07, 6.45) is 101. The molecule has 0 aliphatic heterocycles. The summed E-state index contributed by atoms with van der Waals surface area (Å²) in [5.74, 6) is -1.15. The van der Waals surface area contributed by atoms with E-state index in [1.54, 1.807) is 0 Å². The third-order valence-electron chi connectivity index (χ3n) is 11.5. The molecule has 0 bridgehead atoms. The van der Waals surface area contributed by atoms with Crippen LogP contribution in [0.25, 0.3) is 0 Å². The van der Waals surface area contributed by atoms with Crippen LogP contribution in [0.15, 0.2) is 219 Å². The number of hydrogen-bond donors (Lipinski definition) is 0. The molecule has 0 spiro atoms. The van der Waals surface area contributed by atoms with E-state index in [1.807, 2.05) is 12.2 Å². The monoisotopic (exact) mass is 1080 g/mol. The summed E-state index contributed by atoms with van der Waals surface area (Å²) in [6, 6.07) is 0. The van der Waals surface area contributed by atoms with E-state index < -0.39 is 12.1 Å². The van der Waals surface area contributed by atoms with Crippen LogP contribution < -0.4 is 0 Å². The maximum absolute atomic E-state index is 12.8. The molecule has 0 N–H and O–H groups in total. The zero-order chi connectivity index (χ0) is 57.1. The number of rotatable bonds is 51. The Morgan fingerprint density at radius 3 is 0.785 bits per heavy atom. The SMILES string of the molecule is CC/C=C\C/C=C\C/C=C\C/C=C\C/C=C\C/C=C\C/C=C\C/C=C\C/C=C\CCCC(=O)OCC(COC(=O)CCCCC/C=C\C/C=C\C/C=C\CC)OC(=O)CC/C=C\C/C=C\C/C=C\C/C=C\C/C=C\C/C=C\CC. The predicted octanol–water partition coefficient (Wildman–Crippen LogP) is 21.0. The summed E-state index contributed by atoms with van der Waals surface area (Å²) >= 11 is 0. The summed E-state index contributed by atoms with van der Waals surface area (Å²) < 4.78 is 16.7. The molecule has 0 aromatic rings. The molecule has 0 heterocycles. The molecule has 0 saturated heterocycles. The number of carbonyl (C=O) groups excluding carboxylic acids is 3. The van der Waals surface area contributed by atoms with Gasteiger partial charge in [-0.15, -0.1) is 0 Å². The van der Waals surface area contributed by atoms with E-state index in [9.17, 15) is 14.4 Å². The minimum absolute atomic E-state index is 0.155. The van der Waals surface area contributed by atoms with Crippen LogP contribution in [0.5, 0.6) is 0 Å². The van der Waals surface area contributed by atoms with E-state index >= 15 is 0 Å².